The van der Waals surface area contributed by atoms with Crippen LogP contribution in [0.25, 0.3) is 0 Å². The van der Waals surface area contributed by atoms with Crippen LogP contribution in [0.1, 0.15) is 44.9 Å². The van der Waals surface area contributed by atoms with Crippen LogP contribution in [-0.4, -0.2) is 36.3 Å². The fourth-order valence-electron chi connectivity index (χ4n) is 5.22. The van der Waals surface area contributed by atoms with Crippen molar-refractivity contribution in [3.63, 3.8) is 0 Å². The van der Waals surface area contributed by atoms with E-state index in [1.807, 2.05) is 37.4 Å². The number of rotatable bonds is 3. The normalized spacial score (nSPS) is 28.7. The van der Waals surface area contributed by atoms with Crippen molar-refractivity contribution in [3.05, 3.63) is 42.5 Å². The molecule has 0 spiro atoms. The molecule has 27 heavy (non-hydrogen) atoms. The number of carbonyl (C=O) groups excluding carboxylic acids is 2. The molecule has 2 aliphatic carbocycles. The summed E-state index contributed by atoms with van der Waals surface area (Å²) in [5.74, 6) is 0.0688. The number of benzene rings is 1. The molecule has 2 fully saturated rings. The number of likely N-dealkylation sites (tertiary alicyclic amines) is 1. The Morgan fingerprint density at radius 3 is 2.56 bits per heavy atom. The number of carbonyl (C=O) groups is 2. The van der Waals surface area contributed by atoms with Gasteiger partial charge in [0.25, 0.3) is 0 Å². The van der Waals surface area contributed by atoms with Crippen molar-refractivity contribution >= 4 is 17.5 Å². The fraction of sp³-hybridized carbons (Fsp3) is 0.565. The molecule has 1 saturated heterocycles. The minimum Gasteiger partial charge on any atom is -0.339 e. The van der Waals surface area contributed by atoms with Gasteiger partial charge in [0.1, 0.15) is 0 Å². The maximum atomic E-state index is 13.5. The van der Waals surface area contributed by atoms with E-state index in [9.17, 15) is 9.59 Å². The molecule has 1 aromatic rings. The molecule has 0 aromatic heterocycles. The van der Waals surface area contributed by atoms with E-state index in [-0.39, 0.29) is 29.6 Å². The molecule has 3 atom stereocenters. The van der Waals surface area contributed by atoms with Crippen LogP contribution < -0.4 is 4.90 Å². The van der Waals surface area contributed by atoms with Crippen molar-refractivity contribution in [2.24, 2.45) is 17.8 Å². The summed E-state index contributed by atoms with van der Waals surface area (Å²) in [6.45, 7) is 0.852. The zero-order valence-corrected chi connectivity index (χ0v) is 16.2. The molecule has 2 amide bonds. The summed E-state index contributed by atoms with van der Waals surface area (Å²) in [4.78, 5) is 30.6. The lowest BCUT2D eigenvalue weighted by Crippen LogP contribution is -2.55. The number of allylic oxidation sites excluding steroid dienone is 2. The first-order valence-electron chi connectivity index (χ1n) is 10.5. The second-order valence-corrected chi connectivity index (χ2v) is 8.30. The van der Waals surface area contributed by atoms with Crippen LogP contribution in [0.3, 0.4) is 0 Å². The van der Waals surface area contributed by atoms with Gasteiger partial charge in [-0.2, -0.15) is 0 Å². The average molecular weight is 367 g/mol. The zero-order valence-electron chi connectivity index (χ0n) is 16.2. The summed E-state index contributed by atoms with van der Waals surface area (Å²) in [7, 11) is 1.83. The smallest absolute Gasteiger partial charge is 0.230 e. The quantitative estimate of drug-likeness (QED) is 0.758. The monoisotopic (exact) mass is 366 g/mol. The Morgan fingerprint density at radius 2 is 1.81 bits per heavy atom. The zero-order chi connectivity index (χ0) is 18.8. The predicted octanol–water partition coefficient (Wildman–Crippen LogP) is 4.02. The maximum Gasteiger partial charge on any atom is 0.230 e. The first-order chi connectivity index (χ1) is 13.2. The lowest BCUT2D eigenvalue weighted by atomic mass is 9.70. The molecule has 3 aliphatic rings. The van der Waals surface area contributed by atoms with E-state index in [0.29, 0.717) is 12.5 Å². The summed E-state index contributed by atoms with van der Waals surface area (Å²) >= 11 is 0. The van der Waals surface area contributed by atoms with Crippen molar-refractivity contribution in [1.29, 1.82) is 0 Å². The first kappa shape index (κ1) is 18.3. The highest BCUT2D eigenvalue weighted by Gasteiger charge is 2.46. The van der Waals surface area contributed by atoms with E-state index in [1.165, 1.54) is 19.3 Å². The van der Waals surface area contributed by atoms with Gasteiger partial charge < -0.3 is 9.80 Å². The number of fused-ring (bicyclic) bond motifs is 1. The minimum atomic E-state index is -0.246. The molecule has 1 aliphatic heterocycles. The molecule has 4 nitrogen and oxygen atoms in total. The van der Waals surface area contributed by atoms with Gasteiger partial charge in [-0.25, -0.2) is 0 Å². The molecule has 1 heterocycles. The summed E-state index contributed by atoms with van der Waals surface area (Å²) in [5, 5.41) is 0. The highest BCUT2D eigenvalue weighted by Crippen LogP contribution is 2.40. The van der Waals surface area contributed by atoms with Crippen LogP contribution in [0.15, 0.2) is 42.5 Å². The number of hydrogen-bond acceptors (Lipinski definition) is 2. The van der Waals surface area contributed by atoms with Crippen LogP contribution in [0, 0.1) is 17.8 Å². The van der Waals surface area contributed by atoms with Crippen molar-refractivity contribution in [3.8, 4) is 0 Å². The van der Waals surface area contributed by atoms with Crippen molar-refractivity contribution in [1.82, 2.24) is 4.90 Å². The van der Waals surface area contributed by atoms with E-state index in [1.54, 1.807) is 4.90 Å². The average Bonchev–Trinajstić information content (AvgIpc) is 2.74. The Morgan fingerprint density at radius 1 is 1.07 bits per heavy atom. The molecule has 0 unspecified atom stereocenters. The van der Waals surface area contributed by atoms with Gasteiger partial charge in [-0.1, -0.05) is 49.6 Å². The second kappa shape index (κ2) is 7.87. The number of piperidine rings is 1. The van der Waals surface area contributed by atoms with E-state index in [4.69, 9.17) is 0 Å². The Labute approximate surface area is 162 Å². The van der Waals surface area contributed by atoms with E-state index >= 15 is 0 Å². The Hall–Kier alpha value is -2.10. The van der Waals surface area contributed by atoms with Gasteiger partial charge in [0.2, 0.25) is 11.8 Å². The predicted molar refractivity (Wildman–Crippen MR) is 107 cm³/mol. The molecular weight excluding hydrogens is 336 g/mol. The summed E-state index contributed by atoms with van der Waals surface area (Å²) in [6, 6.07) is 10.1. The number of para-hydroxylation sites is 1. The van der Waals surface area contributed by atoms with Gasteiger partial charge in [0.15, 0.2) is 0 Å². The van der Waals surface area contributed by atoms with Crippen LogP contribution in [0.2, 0.25) is 0 Å². The molecule has 0 N–H and O–H groups in total. The lowest BCUT2D eigenvalue weighted by Gasteiger charge is -2.46. The largest absolute Gasteiger partial charge is 0.339 e. The molecule has 1 saturated carbocycles. The molecular formula is C23H30N2O2. The Kier molecular flexibility index (Phi) is 5.33. The Balaban J connectivity index is 1.55. The van der Waals surface area contributed by atoms with Crippen LogP contribution in [-0.2, 0) is 9.59 Å². The molecule has 4 heteroatoms. The van der Waals surface area contributed by atoms with Crippen molar-refractivity contribution in [2.75, 3.05) is 18.5 Å². The molecule has 1 aromatic carbocycles. The number of amides is 2. The summed E-state index contributed by atoms with van der Waals surface area (Å²) < 4.78 is 0. The van der Waals surface area contributed by atoms with Crippen LogP contribution >= 0.6 is 0 Å². The van der Waals surface area contributed by atoms with Gasteiger partial charge in [-0.15, -0.1) is 0 Å². The van der Waals surface area contributed by atoms with Crippen LogP contribution in [0.5, 0.6) is 0 Å². The first-order valence-corrected chi connectivity index (χ1v) is 10.5. The third-order valence-electron chi connectivity index (χ3n) is 6.75. The minimum absolute atomic E-state index is 0.0689. The lowest BCUT2D eigenvalue weighted by molar-refractivity contribution is -0.150. The molecule has 0 bridgehead atoms. The van der Waals surface area contributed by atoms with Gasteiger partial charge in [-0.05, 0) is 43.7 Å². The highest BCUT2D eigenvalue weighted by molar-refractivity contribution is 5.98. The Bertz CT molecular complexity index is 708. The second-order valence-electron chi connectivity index (χ2n) is 8.30. The van der Waals surface area contributed by atoms with E-state index in [2.05, 4.69) is 17.1 Å². The van der Waals surface area contributed by atoms with Crippen molar-refractivity contribution < 1.29 is 9.59 Å². The van der Waals surface area contributed by atoms with Crippen LogP contribution in [0.4, 0.5) is 5.69 Å². The number of nitrogens with zero attached hydrogens (tertiary/aromatic N) is 2. The third kappa shape index (κ3) is 3.54. The summed E-state index contributed by atoms with van der Waals surface area (Å²) in [6.07, 6.45) is 11.9. The molecule has 0 radical (unpaired) electrons. The maximum absolute atomic E-state index is 13.5. The van der Waals surface area contributed by atoms with E-state index < -0.39 is 0 Å². The van der Waals surface area contributed by atoms with Crippen molar-refractivity contribution in [2.45, 2.75) is 51.0 Å². The number of anilines is 1. The van der Waals surface area contributed by atoms with Gasteiger partial charge in [0, 0.05) is 25.3 Å². The summed E-state index contributed by atoms with van der Waals surface area (Å²) in [5.41, 5.74) is 0.890. The molecule has 144 valence electrons. The number of hydrogen-bond donors (Lipinski definition) is 0. The van der Waals surface area contributed by atoms with Gasteiger partial charge in [0.05, 0.1) is 11.8 Å². The molecule has 4 rings (SSSR count). The standard InChI is InChI=1S/C23H30N2O2/c1-24(18-10-4-2-5-11-18)22(26)20-14-8-9-17-15-16-25(23(27)21(17)20)19-12-6-3-7-13-19/h2,4-5,8-11,17,19-21H,3,6-7,12-16H2,1H3/t17-,20-,21+/m1/s1. The third-order valence-corrected chi connectivity index (χ3v) is 6.75. The van der Waals surface area contributed by atoms with Gasteiger partial charge in [-0.3, -0.25) is 9.59 Å². The fourth-order valence-corrected chi connectivity index (χ4v) is 5.22. The highest BCUT2D eigenvalue weighted by atomic mass is 16.2. The topological polar surface area (TPSA) is 40.6 Å². The van der Waals surface area contributed by atoms with E-state index in [0.717, 1.165) is 31.5 Å². The SMILES string of the molecule is CN(C(=O)[C@@H]1CC=C[C@@H]2CCN(C3CCCCC3)C(=O)[C@@H]21)c1ccccc1. The van der Waals surface area contributed by atoms with Gasteiger partial charge >= 0.3 is 0 Å².